The minimum Gasteiger partial charge on any atom is -0.497 e. The molecule has 0 bridgehead atoms. The molecule has 2 aromatic carbocycles. The van der Waals surface area contributed by atoms with E-state index in [1.54, 1.807) is 42.9 Å². The van der Waals surface area contributed by atoms with Gasteiger partial charge in [0.25, 0.3) is 5.56 Å². The molecule has 36 heavy (non-hydrogen) atoms. The summed E-state index contributed by atoms with van der Waals surface area (Å²) in [6.07, 6.45) is 0. The van der Waals surface area contributed by atoms with Gasteiger partial charge in [-0.25, -0.2) is 4.79 Å². The summed E-state index contributed by atoms with van der Waals surface area (Å²) >= 11 is 0. The average molecular weight is 493 g/mol. The zero-order valence-electron chi connectivity index (χ0n) is 20.8. The Morgan fingerprint density at radius 2 is 1.72 bits per heavy atom. The van der Waals surface area contributed by atoms with E-state index in [2.05, 4.69) is 0 Å². The van der Waals surface area contributed by atoms with Gasteiger partial charge in [-0.1, -0.05) is 18.2 Å². The van der Waals surface area contributed by atoms with Crippen molar-refractivity contribution >= 4 is 5.97 Å². The van der Waals surface area contributed by atoms with Crippen LogP contribution in [0.3, 0.4) is 0 Å². The zero-order valence-corrected chi connectivity index (χ0v) is 20.8. The first-order chi connectivity index (χ1) is 17.3. The molecule has 0 fully saturated rings. The third-order valence-corrected chi connectivity index (χ3v) is 6.24. The number of carbonyl (C=O) groups excluding carboxylic acids is 1. The Labute approximate surface area is 208 Å². The van der Waals surface area contributed by atoms with Crippen LogP contribution >= 0.6 is 0 Å². The SMILES string of the molecule is COC(=O)C1=C(N)Oc2cc(C)n(Cc3ccccc3OC)c(=O)c2C1c1cc(OC)ccc1OC. The fourth-order valence-corrected chi connectivity index (χ4v) is 4.47. The number of pyridine rings is 1. The predicted octanol–water partition coefficient (Wildman–Crippen LogP) is 3.10. The van der Waals surface area contributed by atoms with Crippen LogP contribution in [0.15, 0.2) is 64.8 Å². The van der Waals surface area contributed by atoms with E-state index >= 15 is 0 Å². The van der Waals surface area contributed by atoms with Crippen molar-refractivity contribution in [3.8, 4) is 23.0 Å². The molecule has 1 aliphatic heterocycles. The number of hydrogen-bond donors (Lipinski definition) is 1. The molecule has 0 aliphatic carbocycles. The molecule has 9 nitrogen and oxygen atoms in total. The highest BCUT2D eigenvalue weighted by atomic mass is 16.5. The van der Waals surface area contributed by atoms with Crippen molar-refractivity contribution in [1.29, 1.82) is 0 Å². The molecular formula is C27H28N2O7. The molecule has 2 N–H and O–H groups in total. The standard InChI is InChI=1S/C27H28N2O7/c1-15-12-21-23(26(30)29(15)14-16-8-6-7-9-19(16)33-3)22(24(25(28)36-21)27(31)35-5)18-13-17(32-2)10-11-20(18)34-4/h6-13,22H,14,28H2,1-5H3. The Hall–Kier alpha value is -4.40. The van der Waals surface area contributed by atoms with Crippen LogP contribution in [0.5, 0.6) is 23.0 Å². The van der Waals surface area contributed by atoms with Crippen LogP contribution in [0.25, 0.3) is 0 Å². The van der Waals surface area contributed by atoms with Gasteiger partial charge in [0.15, 0.2) is 0 Å². The molecule has 0 saturated carbocycles. The monoisotopic (exact) mass is 492 g/mol. The number of aromatic nitrogens is 1. The molecule has 9 heteroatoms. The number of fused-ring (bicyclic) bond motifs is 1. The third kappa shape index (κ3) is 4.24. The maximum Gasteiger partial charge on any atom is 0.340 e. The molecule has 0 spiro atoms. The van der Waals surface area contributed by atoms with Crippen LogP contribution in [0.2, 0.25) is 0 Å². The number of rotatable bonds is 7. The van der Waals surface area contributed by atoms with Gasteiger partial charge in [-0.15, -0.1) is 0 Å². The van der Waals surface area contributed by atoms with E-state index in [0.717, 1.165) is 5.56 Å². The molecule has 0 amide bonds. The first-order valence-electron chi connectivity index (χ1n) is 11.2. The lowest BCUT2D eigenvalue weighted by atomic mass is 9.82. The Bertz CT molecular complexity index is 1410. The second-order valence-corrected chi connectivity index (χ2v) is 8.18. The van der Waals surface area contributed by atoms with Gasteiger partial charge in [0, 0.05) is 22.9 Å². The summed E-state index contributed by atoms with van der Waals surface area (Å²) in [4.78, 5) is 27.0. The van der Waals surface area contributed by atoms with E-state index in [1.165, 1.54) is 21.3 Å². The van der Waals surface area contributed by atoms with Gasteiger partial charge in [-0.2, -0.15) is 0 Å². The molecule has 1 aromatic heterocycles. The Kier molecular flexibility index (Phi) is 6.91. The number of carbonyl (C=O) groups is 1. The number of aryl methyl sites for hydroxylation is 1. The lowest BCUT2D eigenvalue weighted by Gasteiger charge is -2.30. The summed E-state index contributed by atoms with van der Waals surface area (Å²) in [5.41, 5.74) is 8.08. The molecule has 0 saturated heterocycles. The first-order valence-corrected chi connectivity index (χ1v) is 11.2. The topological polar surface area (TPSA) is 111 Å². The largest absolute Gasteiger partial charge is 0.497 e. The highest BCUT2D eigenvalue weighted by Gasteiger charge is 2.40. The number of methoxy groups -OCH3 is 4. The molecule has 4 rings (SSSR count). The maximum absolute atomic E-state index is 14.1. The minimum absolute atomic E-state index is 0.00125. The average Bonchev–Trinajstić information content (AvgIpc) is 2.89. The van der Waals surface area contributed by atoms with Crippen molar-refractivity contribution < 1.29 is 28.5 Å². The number of ether oxygens (including phenoxy) is 5. The van der Waals surface area contributed by atoms with Crippen LogP contribution < -0.4 is 30.2 Å². The summed E-state index contributed by atoms with van der Waals surface area (Å²) in [5, 5.41) is 0. The summed E-state index contributed by atoms with van der Waals surface area (Å²) < 4.78 is 28.9. The third-order valence-electron chi connectivity index (χ3n) is 6.24. The van der Waals surface area contributed by atoms with E-state index < -0.39 is 11.9 Å². The van der Waals surface area contributed by atoms with Crippen molar-refractivity contribution in [2.45, 2.75) is 19.4 Å². The van der Waals surface area contributed by atoms with E-state index in [-0.39, 0.29) is 34.9 Å². The number of nitrogens with two attached hydrogens (primary N) is 1. The van der Waals surface area contributed by atoms with Crippen LogP contribution in [-0.4, -0.2) is 39.0 Å². The second-order valence-electron chi connectivity index (χ2n) is 8.18. The smallest absolute Gasteiger partial charge is 0.340 e. The molecule has 1 aliphatic rings. The van der Waals surface area contributed by atoms with Crippen LogP contribution in [-0.2, 0) is 16.1 Å². The fraction of sp³-hybridized carbons (Fsp3) is 0.259. The number of nitrogens with zero attached hydrogens (tertiary/aromatic N) is 1. The van der Waals surface area contributed by atoms with Crippen molar-refractivity contribution in [2.75, 3.05) is 28.4 Å². The minimum atomic E-state index is -0.928. The Balaban J connectivity index is 2.00. The lowest BCUT2D eigenvalue weighted by Crippen LogP contribution is -2.35. The van der Waals surface area contributed by atoms with Gasteiger partial charge in [0.2, 0.25) is 5.88 Å². The normalized spacial score (nSPS) is 14.5. The molecule has 188 valence electrons. The van der Waals surface area contributed by atoms with E-state index in [0.29, 0.717) is 28.5 Å². The van der Waals surface area contributed by atoms with E-state index in [4.69, 9.17) is 29.4 Å². The number of hydrogen-bond acceptors (Lipinski definition) is 8. The molecule has 1 atom stereocenters. The molecule has 0 radical (unpaired) electrons. The quantitative estimate of drug-likeness (QED) is 0.501. The zero-order chi connectivity index (χ0) is 26.0. The maximum atomic E-state index is 14.1. The lowest BCUT2D eigenvalue weighted by molar-refractivity contribution is -0.136. The summed E-state index contributed by atoms with van der Waals surface area (Å²) in [7, 11) is 5.85. The van der Waals surface area contributed by atoms with Gasteiger partial charge < -0.3 is 34.0 Å². The van der Waals surface area contributed by atoms with Gasteiger partial charge in [-0.3, -0.25) is 4.79 Å². The number of esters is 1. The Morgan fingerprint density at radius 1 is 1.00 bits per heavy atom. The molecular weight excluding hydrogens is 464 g/mol. The van der Waals surface area contributed by atoms with Gasteiger partial charge in [0.05, 0.1) is 46.5 Å². The highest BCUT2D eigenvalue weighted by Crippen LogP contribution is 2.45. The van der Waals surface area contributed by atoms with E-state index in [1.807, 2.05) is 24.3 Å². The summed E-state index contributed by atoms with van der Waals surface area (Å²) in [6.45, 7) is 2.05. The van der Waals surface area contributed by atoms with Crippen molar-refractivity contribution in [3.63, 3.8) is 0 Å². The highest BCUT2D eigenvalue weighted by molar-refractivity contribution is 5.92. The van der Waals surface area contributed by atoms with Crippen molar-refractivity contribution in [3.05, 3.63) is 92.7 Å². The molecule has 3 aromatic rings. The van der Waals surface area contributed by atoms with Crippen LogP contribution in [0.4, 0.5) is 0 Å². The van der Waals surface area contributed by atoms with Crippen LogP contribution in [0, 0.1) is 6.92 Å². The first kappa shape index (κ1) is 24.7. The van der Waals surface area contributed by atoms with Gasteiger partial charge in [-0.05, 0) is 31.2 Å². The number of para-hydroxylation sites is 1. The predicted molar refractivity (Wildman–Crippen MR) is 133 cm³/mol. The molecule has 2 heterocycles. The molecule has 1 unspecified atom stereocenters. The second kappa shape index (κ2) is 10.1. The summed E-state index contributed by atoms with van der Waals surface area (Å²) in [6, 6.07) is 14.3. The van der Waals surface area contributed by atoms with E-state index in [9.17, 15) is 9.59 Å². The van der Waals surface area contributed by atoms with Crippen molar-refractivity contribution in [2.24, 2.45) is 5.73 Å². The Morgan fingerprint density at radius 3 is 2.39 bits per heavy atom. The van der Waals surface area contributed by atoms with Crippen molar-refractivity contribution in [1.82, 2.24) is 4.57 Å². The van der Waals surface area contributed by atoms with Crippen LogP contribution in [0.1, 0.15) is 28.3 Å². The van der Waals surface area contributed by atoms with Gasteiger partial charge >= 0.3 is 5.97 Å². The fourth-order valence-electron chi connectivity index (χ4n) is 4.47. The van der Waals surface area contributed by atoms with Gasteiger partial charge in [0.1, 0.15) is 28.6 Å². The number of benzene rings is 2. The summed E-state index contributed by atoms with van der Waals surface area (Å²) in [5.74, 6) is 0.0808.